The first-order valence-corrected chi connectivity index (χ1v) is 9.06. The summed E-state index contributed by atoms with van der Waals surface area (Å²) in [7, 11) is 5.12. The molecule has 140 valence electrons. The first-order chi connectivity index (χ1) is 12.4. The molecule has 2 aromatic carbocycles. The summed E-state index contributed by atoms with van der Waals surface area (Å²) in [5, 5.41) is 3.66. The van der Waals surface area contributed by atoms with Crippen LogP contribution in [0.3, 0.4) is 0 Å². The Labute approximate surface area is 156 Å². The van der Waals surface area contributed by atoms with Crippen molar-refractivity contribution in [1.29, 1.82) is 0 Å². The van der Waals surface area contributed by atoms with E-state index in [1.165, 1.54) is 22.3 Å². The molecule has 1 aliphatic rings. The quantitative estimate of drug-likeness (QED) is 0.890. The van der Waals surface area contributed by atoms with E-state index in [1.807, 2.05) is 6.07 Å². The average Bonchev–Trinajstić information content (AvgIpc) is 2.65. The predicted molar refractivity (Wildman–Crippen MR) is 105 cm³/mol. The molecule has 4 nitrogen and oxygen atoms in total. The van der Waals surface area contributed by atoms with Crippen molar-refractivity contribution in [1.82, 2.24) is 5.32 Å². The van der Waals surface area contributed by atoms with E-state index in [2.05, 4.69) is 50.4 Å². The van der Waals surface area contributed by atoms with Gasteiger partial charge in [-0.25, -0.2) is 0 Å². The Bertz CT molecular complexity index is 793. The maximum atomic E-state index is 5.66. The lowest BCUT2D eigenvalue weighted by atomic mass is 9.82. The molecule has 0 saturated carbocycles. The summed E-state index contributed by atoms with van der Waals surface area (Å²) in [6.45, 7) is 7.54. The average molecular weight is 355 g/mol. The van der Waals surface area contributed by atoms with Crippen molar-refractivity contribution in [2.45, 2.75) is 38.6 Å². The van der Waals surface area contributed by atoms with Crippen molar-refractivity contribution in [2.75, 3.05) is 27.9 Å². The maximum absolute atomic E-state index is 5.66. The number of rotatable bonds is 4. The topological polar surface area (TPSA) is 39.7 Å². The zero-order valence-electron chi connectivity index (χ0n) is 16.6. The Balaban J connectivity index is 2.11. The van der Waals surface area contributed by atoms with Gasteiger partial charge >= 0.3 is 0 Å². The van der Waals surface area contributed by atoms with Gasteiger partial charge in [0.2, 0.25) is 0 Å². The molecule has 3 rings (SSSR count). The van der Waals surface area contributed by atoms with Crippen molar-refractivity contribution in [2.24, 2.45) is 0 Å². The lowest BCUT2D eigenvalue weighted by Gasteiger charge is -2.31. The fraction of sp³-hybridized carbons (Fsp3) is 0.455. The van der Waals surface area contributed by atoms with E-state index in [4.69, 9.17) is 14.2 Å². The molecule has 26 heavy (non-hydrogen) atoms. The lowest BCUT2D eigenvalue weighted by molar-refractivity contribution is 0.348. The highest BCUT2D eigenvalue weighted by Gasteiger charge is 2.28. The molecule has 1 atom stereocenters. The van der Waals surface area contributed by atoms with E-state index in [1.54, 1.807) is 21.3 Å². The highest BCUT2D eigenvalue weighted by Crippen LogP contribution is 2.41. The number of fused-ring (bicyclic) bond motifs is 1. The molecule has 1 N–H and O–H groups in total. The third-order valence-corrected chi connectivity index (χ3v) is 5.08. The SMILES string of the molecule is COc1ccc(C2NCCc3c2ccc(OC)c3OC)cc1C(C)(C)C. The smallest absolute Gasteiger partial charge is 0.164 e. The number of benzene rings is 2. The van der Waals surface area contributed by atoms with Crippen LogP contribution in [0.1, 0.15) is 49.1 Å². The fourth-order valence-corrected chi connectivity index (χ4v) is 3.77. The van der Waals surface area contributed by atoms with Gasteiger partial charge in [-0.05, 0) is 46.7 Å². The Kier molecular flexibility index (Phi) is 5.15. The number of methoxy groups -OCH3 is 3. The van der Waals surface area contributed by atoms with Gasteiger partial charge in [0.05, 0.1) is 27.4 Å². The summed E-state index contributed by atoms with van der Waals surface area (Å²) in [5.41, 5.74) is 4.94. The van der Waals surface area contributed by atoms with Gasteiger partial charge < -0.3 is 19.5 Å². The van der Waals surface area contributed by atoms with Gasteiger partial charge in [0.25, 0.3) is 0 Å². The van der Waals surface area contributed by atoms with E-state index in [9.17, 15) is 0 Å². The van der Waals surface area contributed by atoms with Crippen LogP contribution in [0.25, 0.3) is 0 Å². The molecule has 1 unspecified atom stereocenters. The zero-order chi connectivity index (χ0) is 18.9. The van der Waals surface area contributed by atoms with Crippen molar-refractivity contribution in [3.8, 4) is 17.2 Å². The molecule has 1 heterocycles. The normalized spacial score (nSPS) is 16.8. The summed E-state index contributed by atoms with van der Waals surface area (Å²) in [6, 6.07) is 10.8. The number of ether oxygens (including phenoxy) is 3. The van der Waals surface area contributed by atoms with Gasteiger partial charge in [0.15, 0.2) is 11.5 Å². The van der Waals surface area contributed by atoms with E-state index >= 15 is 0 Å². The van der Waals surface area contributed by atoms with Crippen LogP contribution in [0.2, 0.25) is 0 Å². The minimum Gasteiger partial charge on any atom is -0.496 e. The second-order valence-corrected chi connectivity index (χ2v) is 7.72. The molecule has 0 radical (unpaired) electrons. The molecule has 0 spiro atoms. The molecule has 1 aliphatic heterocycles. The van der Waals surface area contributed by atoms with Gasteiger partial charge in [0.1, 0.15) is 5.75 Å². The Hall–Kier alpha value is -2.20. The first kappa shape index (κ1) is 18.6. The van der Waals surface area contributed by atoms with Crippen molar-refractivity contribution >= 4 is 0 Å². The van der Waals surface area contributed by atoms with E-state index in [-0.39, 0.29) is 11.5 Å². The number of hydrogen-bond donors (Lipinski definition) is 1. The predicted octanol–water partition coefficient (Wildman–Crippen LogP) is 4.25. The van der Waals surface area contributed by atoms with Crippen molar-refractivity contribution in [3.63, 3.8) is 0 Å². The van der Waals surface area contributed by atoms with E-state index < -0.39 is 0 Å². The van der Waals surface area contributed by atoms with Crippen molar-refractivity contribution < 1.29 is 14.2 Å². The van der Waals surface area contributed by atoms with Gasteiger partial charge in [-0.15, -0.1) is 0 Å². The molecule has 0 bridgehead atoms. The minimum atomic E-state index is 0.0104. The molecule has 2 aromatic rings. The van der Waals surface area contributed by atoms with Gasteiger partial charge in [-0.1, -0.05) is 32.9 Å². The van der Waals surface area contributed by atoms with Crippen molar-refractivity contribution in [3.05, 3.63) is 52.6 Å². The zero-order valence-corrected chi connectivity index (χ0v) is 16.6. The summed E-state index contributed by atoms with van der Waals surface area (Å²) in [6.07, 6.45) is 0.925. The molecule has 0 saturated heterocycles. The van der Waals surface area contributed by atoms with Crippen LogP contribution in [0.15, 0.2) is 30.3 Å². The molecule has 0 aromatic heterocycles. The third-order valence-electron chi connectivity index (χ3n) is 5.08. The summed E-state index contributed by atoms with van der Waals surface area (Å²) < 4.78 is 16.7. The minimum absolute atomic E-state index is 0.0104. The van der Waals surface area contributed by atoms with Crippen LogP contribution in [0.5, 0.6) is 17.2 Å². The lowest BCUT2D eigenvalue weighted by Crippen LogP contribution is -2.31. The number of nitrogens with one attached hydrogen (secondary N) is 1. The Morgan fingerprint density at radius 2 is 1.62 bits per heavy atom. The molecule has 0 amide bonds. The van der Waals surface area contributed by atoms with Crippen LogP contribution >= 0.6 is 0 Å². The summed E-state index contributed by atoms with van der Waals surface area (Å²) in [5.74, 6) is 2.57. The Morgan fingerprint density at radius 3 is 2.23 bits per heavy atom. The molecule has 4 heteroatoms. The third kappa shape index (κ3) is 3.26. The highest BCUT2D eigenvalue weighted by atomic mass is 16.5. The van der Waals surface area contributed by atoms with E-state index in [0.29, 0.717) is 0 Å². The van der Waals surface area contributed by atoms with Gasteiger partial charge in [-0.3, -0.25) is 0 Å². The maximum Gasteiger partial charge on any atom is 0.164 e. The molecular weight excluding hydrogens is 326 g/mol. The van der Waals surface area contributed by atoms with Crippen LogP contribution < -0.4 is 19.5 Å². The van der Waals surface area contributed by atoms with Gasteiger partial charge in [-0.2, -0.15) is 0 Å². The second-order valence-electron chi connectivity index (χ2n) is 7.72. The van der Waals surface area contributed by atoms with Crippen LogP contribution in [0, 0.1) is 0 Å². The van der Waals surface area contributed by atoms with Crippen LogP contribution in [-0.4, -0.2) is 27.9 Å². The monoisotopic (exact) mass is 355 g/mol. The summed E-state index contributed by atoms with van der Waals surface area (Å²) >= 11 is 0. The van der Waals surface area contributed by atoms with Crippen LogP contribution in [-0.2, 0) is 11.8 Å². The standard InChI is InChI=1S/C22H29NO3/c1-22(2,3)17-13-14(7-9-18(17)24-4)20-15-8-10-19(25-5)21(26-6)16(15)11-12-23-20/h7-10,13,20,23H,11-12H2,1-6H3. The largest absolute Gasteiger partial charge is 0.496 e. The highest BCUT2D eigenvalue weighted by molar-refractivity contribution is 5.55. The molecular formula is C22H29NO3. The van der Waals surface area contributed by atoms with E-state index in [0.717, 1.165) is 30.2 Å². The number of hydrogen-bond acceptors (Lipinski definition) is 4. The van der Waals surface area contributed by atoms with Crippen LogP contribution in [0.4, 0.5) is 0 Å². The fourth-order valence-electron chi connectivity index (χ4n) is 3.77. The first-order valence-electron chi connectivity index (χ1n) is 9.06. The molecule has 0 fully saturated rings. The second kappa shape index (κ2) is 7.20. The summed E-state index contributed by atoms with van der Waals surface area (Å²) in [4.78, 5) is 0. The van der Waals surface area contributed by atoms with Gasteiger partial charge in [0, 0.05) is 12.1 Å². The molecule has 0 aliphatic carbocycles. The Morgan fingerprint density at radius 1 is 0.923 bits per heavy atom.